The van der Waals surface area contributed by atoms with Gasteiger partial charge in [-0.05, 0) is 24.3 Å². The molecule has 0 aliphatic rings. The van der Waals surface area contributed by atoms with Crippen LogP contribution < -0.4 is 14.2 Å². The molecule has 0 spiro atoms. The van der Waals surface area contributed by atoms with Gasteiger partial charge in [-0.2, -0.15) is 0 Å². The zero-order valence-electron chi connectivity index (χ0n) is 13.7. The summed E-state index contributed by atoms with van der Waals surface area (Å²) in [6.07, 6.45) is 0.922. The largest absolute Gasteiger partial charge is 0.490 e. The average Bonchev–Trinajstić information content (AvgIpc) is 2.54. The molecule has 2 aromatic rings. The van der Waals surface area contributed by atoms with Crippen LogP contribution in [-0.4, -0.2) is 35.1 Å². The summed E-state index contributed by atoms with van der Waals surface area (Å²) in [6.45, 7) is 0. The number of anilines is 2. The van der Waals surface area contributed by atoms with Crippen LogP contribution in [0.15, 0.2) is 47.4 Å². The van der Waals surface area contributed by atoms with Crippen molar-refractivity contribution in [2.24, 2.45) is 0 Å². The summed E-state index contributed by atoms with van der Waals surface area (Å²) in [5.74, 6) is -0.0897. The summed E-state index contributed by atoms with van der Waals surface area (Å²) in [7, 11) is -6.63. The molecule has 0 saturated carbocycles. The Morgan fingerprint density at radius 2 is 1.58 bits per heavy atom. The van der Waals surface area contributed by atoms with Crippen molar-refractivity contribution >= 4 is 37.1 Å². The average molecular weight is 401 g/mol. The number of ether oxygens (including phenoxy) is 1. The first-order chi connectivity index (χ1) is 12.0. The predicted molar refractivity (Wildman–Crippen MR) is 95.4 cm³/mol. The number of benzene rings is 2. The van der Waals surface area contributed by atoms with Crippen LogP contribution in [0, 0.1) is 10.1 Å². The van der Waals surface area contributed by atoms with Gasteiger partial charge in [-0.1, -0.05) is 12.1 Å². The van der Waals surface area contributed by atoms with Crippen molar-refractivity contribution in [3.8, 4) is 5.75 Å². The van der Waals surface area contributed by atoms with E-state index in [2.05, 4.69) is 9.44 Å². The van der Waals surface area contributed by atoms with E-state index in [0.29, 0.717) is 0 Å². The summed E-state index contributed by atoms with van der Waals surface area (Å²) in [5, 5.41) is 11.1. The number of nitro groups is 1. The number of para-hydroxylation sites is 2. The van der Waals surface area contributed by atoms with Gasteiger partial charge in [-0.15, -0.1) is 0 Å². The van der Waals surface area contributed by atoms with E-state index in [1.54, 1.807) is 0 Å². The van der Waals surface area contributed by atoms with Gasteiger partial charge in [-0.3, -0.25) is 19.6 Å². The summed E-state index contributed by atoms with van der Waals surface area (Å²) in [4.78, 5) is 9.92. The number of nitrogens with zero attached hydrogens (tertiary/aromatic N) is 1. The van der Waals surface area contributed by atoms with Gasteiger partial charge in [0, 0.05) is 6.07 Å². The van der Waals surface area contributed by atoms with Crippen molar-refractivity contribution in [1.29, 1.82) is 0 Å². The van der Waals surface area contributed by atoms with E-state index in [-0.39, 0.29) is 22.0 Å². The maximum absolute atomic E-state index is 12.5. The maximum atomic E-state index is 12.5. The van der Waals surface area contributed by atoms with Gasteiger partial charge in [0.2, 0.25) is 10.0 Å². The van der Waals surface area contributed by atoms with E-state index in [1.165, 1.54) is 31.4 Å². The molecule has 26 heavy (non-hydrogen) atoms. The number of rotatable bonds is 7. The lowest BCUT2D eigenvalue weighted by molar-refractivity contribution is -0.386. The fourth-order valence-corrected chi connectivity index (χ4v) is 3.72. The molecule has 12 heteroatoms. The lowest BCUT2D eigenvalue weighted by atomic mass is 10.3. The first kappa shape index (κ1) is 19.5. The minimum absolute atomic E-state index is 0.0154. The molecule has 0 unspecified atom stereocenters. The number of methoxy groups -OCH3 is 1. The first-order valence-electron chi connectivity index (χ1n) is 6.95. The molecular formula is C14H15N3O7S2. The Hall–Kier alpha value is -2.86. The Balaban J connectivity index is 2.45. The Morgan fingerprint density at radius 1 is 1.00 bits per heavy atom. The fraction of sp³-hybridized carbons (Fsp3) is 0.143. The molecule has 10 nitrogen and oxygen atoms in total. The van der Waals surface area contributed by atoms with Crippen molar-refractivity contribution in [3.63, 3.8) is 0 Å². The minimum atomic E-state index is -4.22. The normalized spacial score (nSPS) is 11.6. The van der Waals surface area contributed by atoms with Crippen LogP contribution in [0.4, 0.5) is 17.1 Å². The highest BCUT2D eigenvalue weighted by Crippen LogP contribution is 2.31. The second-order valence-electron chi connectivity index (χ2n) is 5.12. The number of sulfonamides is 2. The molecule has 0 atom stereocenters. The molecular weight excluding hydrogens is 386 g/mol. The van der Waals surface area contributed by atoms with Gasteiger partial charge < -0.3 is 4.74 Å². The number of hydrogen-bond donors (Lipinski definition) is 2. The predicted octanol–water partition coefficient (Wildman–Crippen LogP) is 1.78. The van der Waals surface area contributed by atoms with E-state index >= 15 is 0 Å². The lowest BCUT2D eigenvalue weighted by Gasteiger charge is -2.13. The van der Waals surface area contributed by atoms with Crippen LogP contribution in [0.2, 0.25) is 0 Å². The third-order valence-electron chi connectivity index (χ3n) is 3.12. The van der Waals surface area contributed by atoms with Crippen LogP contribution in [0.3, 0.4) is 0 Å². The third-order valence-corrected chi connectivity index (χ3v) is 5.08. The van der Waals surface area contributed by atoms with Crippen LogP contribution in [0.1, 0.15) is 0 Å². The Bertz CT molecular complexity index is 1050. The van der Waals surface area contributed by atoms with E-state index in [4.69, 9.17) is 4.74 Å². The summed E-state index contributed by atoms with van der Waals surface area (Å²) < 4.78 is 57.1. The summed E-state index contributed by atoms with van der Waals surface area (Å²) in [5.41, 5.74) is -0.532. The van der Waals surface area contributed by atoms with Gasteiger partial charge in [0.25, 0.3) is 10.0 Å². The number of nitro benzene ring substituents is 1. The van der Waals surface area contributed by atoms with Crippen LogP contribution >= 0.6 is 0 Å². The molecule has 2 aromatic carbocycles. The molecule has 0 amide bonds. The van der Waals surface area contributed by atoms with Crippen molar-refractivity contribution in [3.05, 3.63) is 52.6 Å². The van der Waals surface area contributed by atoms with Gasteiger partial charge in [0.1, 0.15) is 0 Å². The van der Waals surface area contributed by atoms with Gasteiger partial charge in [0.05, 0.1) is 34.6 Å². The smallest absolute Gasteiger partial charge is 0.312 e. The van der Waals surface area contributed by atoms with Gasteiger partial charge >= 0.3 is 5.69 Å². The van der Waals surface area contributed by atoms with Crippen LogP contribution in [-0.2, 0) is 20.0 Å². The maximum Gasteiger partial charge on any atom is 0.312 e. The topological polar surface area (TPSA) is 145 Å². The zero-order valence-corrected chi connectivity index (χ0v) is 15.3. The second-order valence-corrected chi connectivity index (χ2v) is 8.55. The van der Waals surface area contributed by atoms with E-state index in [0.717, 1.165) is 24.5 Å². The quantitative estimate of drug-likeness (QED) is 0.531. The van der Waals surface area contributed by atoms with Gasteiger partial charge in [-0.25, -0.2) is 16.8 Å². The molecule has 0 saturated heterocycles. The van der Waals surface area contributed by atoms with Crippen LogP contribution in [0.5, 0.6) is 5.75 Å². The van der Waals surface area contributed by atoms with Gasteiger partial charge in [0.15, 0.2) is 5.75 Å². The molecule has 0 aromatic heterocycles. The van der Waals surface area contributed by atoms with Crippen molar-refractivity contribution in [1.82, 2.24) is 0 Å². The second kappa shape index (κ2) is 7.17. The molecule has 2 rings (SSSR count). The fourth-order valence-electron chi connectivity index (χ4n) is 2.04. The van der Waals surface area contributed by atoms with Crippen molar-refractivity contribution < 1.29 is 26.5 Å². The monoisotopic (exact) mass is 401 g/mol. The third kappa shape index (κ3) is 4.61. The van der Waals surface area contributed by atoms with Crippen molar-refractivity contribution in [2.45, 2.75) is 4.90 Å². The standard InChI is InChI=1S/C14H15N3O7S2/c1-24-14-8-7-10(9-13(14)17(18)19)26(22,23)16-12-6-4-3-5-11(12)15-25(2,20)21/h3-9,15-16H,1-2H3. The molecule has 2 N–H and O–H groups in total. The molecule has 0 fully saturated rings. The lowest BCUT2D eigenvalue weighted by Crippen LogP contribution is -2.16. The highest BCUT2D eigenvalue weighted by atomic mass is 32.2. The first-order valence-corrected chi connectivity index (χ1v) is 10.3. The Morgan fingerprint density at radius 3 is 2.08 bits per heavy atom. The zero-order chi connectivity index (χ0) is 19.5. The molecule has 140 valence electrons. The molecule has 0 heterocycles. The molecule has 0 radical (unpaired) electrons. The Kier molecular flexibility index (Phi) is 5.37. The molecule has 0 aliphatic carbocycles. The molecule has 0 bridgehead atoms. The summed E-state index contributed by atoms with van der Waals surface area (Å²) >= 11 is 0. The van der Waals surface area contributed by atoms with E-state index in [1.807, 2.05) is 0 Å². The van der Waals surface area contributed by atoms with Crippen LogP contribution in [0.25, 0.3) is 0 Å². The van der Waals surface area contributed by atoms with E-state index in [9.17, 15) is 26.9 Å². The summed E-state index contributed by atoms with van der Waals surface area (Å²) in [6, 6.07) is 8.89. The van der Waals surface area contributed by atoms with E-state index < -0.39 is 30.7 Å². The van der Waals surface area contributed by atoms with Crippen molar-refractivity contribution in [2.75, 3.05) is 22.8 Å². The highest BCUT2D eigenvalue weighted by Gasteiger charge is 2.23. The number of nitrogens with one attached hydrogen (secondary N) is 2. The molecule has 0 aliphatic heterocycles. The SMILES string of the molecule is COc1ccc(S(=O)(=O)Nc2ccccc2NS(C)(=O)=O)cc1[N+](=O)[O-]. The minimum Gasteiger partial charge on any atom is -0.490 e. The highest BCUT2D eigenvalue weighted by molar-refractivity contribution is 7.93. The Labute approximate surface area is 150 Å². The number of hydrogen-bond acceptors (Lipinski definition) is 7.